The molecule has 0 aromatic rings. The van der Waals surface area contributed by atoms with Crippen LogP contribution in [0.2, 0.25) is 0 Å². The van der Waals surface area contributed by atoms with Crippen molar-refractivity contribution in [3.05, 3.63) is 12.7 Å². The molecule has 0 spiro atoms. The number of ether oxygens (including phenoxy) is 1. The third kappa shape index (κ3) is 9.37. The number of carboxylic acid groups (broad SMARTS) is 1. The summed E-state index contributed by atoms with van der Waals surface area (Å²) in [4.78, 5) is 21.4. The lowest BCUT2D eigenvalue weighted by molar-refractivity contribution is -0.138. The first-order valence-electron chi connectivity index (χ1n) is 5.57. The molecule has 0 aliphatic rings. The number of rotatable bonds is 9. The number of amides is 1. The third-order valence-corrected chi connectivity index (χ3v) is 2.08. The molecule has 0 bridgehead atoms. The summed E-state index contributed by atoms with van der Waals surface area (Å²) < 4.78 is 4.81. The Labute approximate surface area is 101 Å². The van der Waals surface area contributed by atoms with Crippen LogP contribution >= 0.6 is 0 Å². The van der Waals surface area contributed by atoms with Gasteiger partial charge >= 0.3 is 12.1 Å². The normalized spacial score (nSPS) is 11.6. The summed E-state index contributed by atoms with van der Waals surface area (Å²) in [6, 6.07) is -0.824. The van der Waals surface area contributed by atoms with Crippen LogP contribution < -0.4 is 11.1 Å². The molecule has 0 aliphatic heterocycles. The molecule has 0 aliphatic carbocycles. The predicted molar refractivity (Wildman–Crippen MR) is 63.6 cm³/mol. The van der Waals surface area contributed by atoms with E-state index in [1.54, 1.807) is 6.08 Å². The number of nitrogens with one attached hydrogen (secondary N) is 1. The van der Waals surface area contributed by atoms with E-state index in [2.05, 4.69) is 11.9 Å². The summed E-state index contributed by atoms with van der Waals surface area (Å²) in [5.41, 5.74) is 5.32. The SMILES string of the molecule is C=CCCOC(=O)NCCCCC(N)C(=O)O. The first-order chi connectivity index (χ1) is 8.07. The number of carbonyl (C=O) groups excluding carboxylic acids is 1. The fourth-order valence-electron chi connectivity index (χ4n) is 1.09. The molecule has 4 N–H and O–H groups in total. The van der Waals surface area contributed by atoms with Gasteiger partial charge in [0, 0.05) is 6.54 Å². The molecule has 6 heteroatoms. The van der Waals surface area contributed by atoms with Crippen LogP contribution in [0.25, 0.3) is 0 Å². The van der Waals surface area contributed by atoms with Crippen LogP contribution in [0.4, 0.5) is 4.79 Å². The second-order valence-corrected chi connectivity index (χ2v) is 3.58. The van der Waals surface area contributed by atoms with Crippen molar-refractivity contribution >= 4 is 12.1 Å². The van der Waals surface area contributed by atoms with Gasteiger partial charge in [0.1, 0.15) is 6.04 Å². The second kappa shape index (κ2) is 9.65. The van der Waals surface area contributed by atoms with Gasteiger partial charge in [-0.1, -0.05) is 6.08 Å². The van der Waals surface area contributed by atoms with Gasteiger partial charge in [-0.05, 0) is 25.7 Å². The highest BCUT2D eigenvalue weighted by Gasteiger charge is 2.10. The average Bonchev–Trinajstić information content (AvgIpc) is 2.28. The first-order valence-corrected chi connectivity index (χ1v) is 5.57. The van der Waals surface area contributed by atoms with Gasteiger partial charge in [-0.3, -0.25) is 4.79 Å². The molecule has 0 heterocycles. The van der Waals surface area contributed by atoms with Gasteiger partial charge in [-0.15, -0.1) is 6.58 Å². The van der Waals surface area contributed by atoms with Crippen molar-refractivity contribution in [2.24, 2.45) is 5.73 Å². The minimum atomic E-state index is -0.998. The van der Waals surface area contributed by atoms with E-state index in [1.807, 2.05) is 0 Å². The molecule has 0 rings (SSSR count). The maximum absolute atomic E-state index is 11.0. The van der Waals surface area contributed by atoms with Crippen LogP contribution in [-0.2, 0) is 9.53 Å². The lowest BCUT2D eigenvalue weighted by Crippen LogP contribution is -2.30. The molecule has 1 unspecified atom stereocenters. The molecule has 0 aromatic carbocycles. The molecule has 0 saturated carbocycles. The van der Waals surface area contributed by atoms with E-state index in [-0.39, 0.29) is 0 Å². The van der Waals surface area contributed by atoms with Crippen molar-refractivity contribution in [3.8, 4) is 0 Å². The first kappa shape index (κ1) is 15.4. The maximum Gasteiger partial charge on any atom is 0.407 e. The highest BCUT2D eigenvalue weighted by Crippen LogP contribution is 1.98. The van der Waals surface area contributed by atoms with E-state index in [9.17, 15) is 9.59 Å². The zero-order valence-electron chi connectivity index (χ0n) is 9.85. The number of aliphatic carboxylic acids is 1. The summed E-state index contributed by atoms with van der Waals surface area (Å²) in [6.07, 6.45) is 3.57. The standard InChI is InChI=1S/C11H20N2O4/c1-2-3-8-17-11(16)13-7-5-4-6-9(12)10(14)15/h2,9H,1,3-8,12H2,(H,13,16)(H,14,15). The molecule has 0 radical (unpaired) electrons. The highest BCUT2D eigenvalue weighted by atomic mass is 16.5. The van der Waals surface area contributed by atoms with Crippen LogP contribution in [0.1, 0.15) is 25.7 Å². The molecular weight excluding hydrogens is 224 g/mol. The van der Waals surface area contributed by atoms with Crippen LogP contribution in [0.15, 0.2) is 12.7 Å². The van der Waals surface area contributed by atoms with Crippen LogP contribution in [0.3, 0.4) is 0 Å². The van der Waals surface area contributed by atoms with Gasteiger partial charge in [0.25, 0.3) is 0 Å². The third-order valence-electron chi connectivity index (χ3n) is 2.08. The Bertz CT molecular complexity index is 256. The van der Waals surface area contributed by atoms with Crippen molar-refractivity contribution in [2.75, 3.05) is 13.2 Å². The molecule has 0 saturated heterocycles. The summed E-state index contributed by atoms with van der Waals surface area (Å²) in [7, 11) is 0. The van der Waals surface area contributed by atoms with E-state index in [1.165, 1.54) is 0 Å². The number of carboxylic acids is 1. The number of alkyl carbamates (subject to hydrolysis) is 1. The van der Waals surface area contributed by atoms with E-state index in [4.69, 9.17) is 15.6 Å². The number of nitrogens with two attached hydrogens (primary N) is 1. The van der Waals surface area contributed by atoms with Gasteiger partial charge in [-0.25, -0.2) is 4.79 Å². The summed E-state index contributed by atoms with van der Waals surface area (Å²) in [6.45, 7) is 4.28. The highest BCUT2D eigenvalue weighted by molar-refractivity contribution is 5.72. The van der Waals surface area contributed by atoms with Crippen molar-refractivity contribution in [3.63, 3.8) is 0 Å². The Kier molecular flexibility index (Phi) is 8.77. The zero-order valence-corrected chi connectivity index (χ0v) is 9.85. The van der Waals surface area contributed by atoms with E-state index in [0.717, 1.165) is 0 Å². The molecule has 1 amide bonds. The Balaban J connectivity index is 3.36. The molecule has 6 nitrogen and oxygen atoms in total. The van der Waals surface area contributed by atoms with Gasteiger partial charge < -0.3 is 20.9 Å². The topological polar surface area (TPSA) is 102 Å². The Morgan fingerprint density at radius 1 is 1.47 bits per heavy atom. The number of hydrogen-bond acceptors (Lipinski definition) is 4. The lowest BCUT2D eigenvalue weighted by Gasteiger charge is -2.07. The van der Waals surface area contributed by atoms with Gasteiger partial charge in [-0.2, -0.15) is 0 Å². The minimum absolute atomic E-state index is 0.319. The average molecular weight is 244 g/mol. The van der Waals surface area contributed by atoms with Crippen molar-refractivity contribution in [1.29, 1.82) is 0 Å². The van der Waals surface area contributed by atoms with Crippen molar-refractivity contribution in [2.45, 2.75) is 31.7 Å². The van der Waals surface area contributed by atoms with E-state index in [0.29, 0.717) is 38.8 Å². The lowest BCUT2D eigenvalue weighted by atomic mass is 10.1. The molecular formula is C11H20N2O4. The smallest absolute Gasteiger partial charge is 0.407 e. The summed E-state index contributed by atoms with van der Waals surface area (Å²) >= 11 is 0. The number of carbonyl (C=O) groups is 2. The quantitative estimate of drug-likeness (QED) is 0.412. The fraction of sp³-hybridized carbons (Fsp3) is 0.636. The zero-order chi connectivity index (χ0) is 13.1. The van der Waals surface area contributed by atoms with Crippen LogP contribution in [0.5, 0.6) is 0 Å². The van der Waals surface area contributed by atoms with Crippen LogP contribution in [-0.4, -0.2) is 36.4 Å². The van der Waals surface area contributed by atoms with Gasteiger partial charge in [0.15, 0.2) is 0 Å². The molecule has 0 aromatic heterocycles. The Morgan fingerprint density at radius 3 is 2.76 bits per heavy atom. The van der Waals surface area contributed by atoms with Crippen molar-refractivity contribution < 1.29 is 19.4 Å². The largest absolute Gasteiger partial charge is 0.480 e. The minimum Gasteiger partial charge on any atom is -0.480 e. The maximum atomic E-state index is 11.0. The number of unbranched alkanes of at least 4 members (excludes halogenated alkanes) is 1. The molecule has 98 valence electrons. The van der Waals surface area contributed by atoms with E-state index < -0.39 is 18.1 Å². The Morgan fingerprint density at radius 2 is 2.18 bits per heavy atom. The summed E-state index contributed by atoms with van der Waals surface area (Å²) in [5, 5.41) is 11.1. The van der Waals surface area contributed by atoms with E-state index >= 15 is 0 Å². The fourth-order valence-corrected chi connectivity index (χ4v) is 1.09. The monoisotopic (exact) mass is 244 g/mol. The van der Waals surface area contributed by atoms with Crippen molar-refractivity contribution in [1.82, 2.24) is 5.32 Å². The predicted octanol–water partition coefficient (Wildman–Crippen LogP) is 0.871. The molecule has 0 fully saturated rings. The Hall–Kier alpha value is -1.56. The molecule has 17 heavy (non-hydrogen) atoms. The van der Waals surface area contributed by atoms with Gasteiger partial charge in [0.05, 0.1) is 6.61 Å². The second-order valence-electron chi connectivity index (χ2n) is 3.58. The summed E-state index contributed by atoms with van der Waals surface area (Å²) in [5.74, 6) is -0.998. The number of hydrogen-bond donors (Lipinski definition) is 3. The van der Waals surface area contributed by atoms with Gasteiger partial charge in [0.2, 0.25) is 0 Å². The molecule has 1 atom stereocenters. The van der Waals surface area contributed by atoms with Crippen LogP contribution in [0, 0.1) is 0 Å².